The van der Waals surface area contributed by atoms with Gasteiger partial charge in [0.05, 0.1) is 29.5 Å². The lowest BCUT2D eigenvalue weighted by Gasteiger charge is -2.32. The summed E-state index contributed by atoms with van der Waals surface area (Å²) in [5.74, 6) is -0.315. The van der Waals surface area contributed by atoms with E-state index in [-0.39, 0.29) is 33.4 Å². The second kappa shape index (κ2) is 7.65. The van der Waals surface area contributed by atoms with E-state index in [1.807, 2.05) is 6.07 Å². The molecule has 1 fully saturated rings. The third-order valence-electron chi connectivity index (χ3n) is 4.80. The molecule has 1 atom stereocenters. The molecule has 29 heavy (non-hydrogen) atoms. The predicted molar refractivity (Wildman–Crippen MR) is 109 cm³/mol. The molecule has 0 unspecified atom stereocenters. The molecule has 0 saturated carbocycles. The number of sulfonamides is 1. The fourth-order valence-electron chi connectivity index (χ4n) is 3.42. The van der Waals surface area contributed by atoms with Crippen LogP contribution in [0.3, 0.4) is 0 Å². The molecule has 4 rings (SSSR count). The molecule has 1 saturated heterocycles. The van der Waals surface area contributed by atoms with E-state index in [1.165, 1.54) is 28.3 Å². The number of benzene rings is 1. The lowest BCUT2D eigenvalue weighted by atomic mass is 10.1. The van der Waals surface area contributed by atoms with Gasteiger partial charge in [-0.05, 0) is 25.0 Å². The summed E-state index contributed by atoms with van der Waals surface area (Å²) in [6.45, 7) is 1.87. The first-order valence-electron chi connectivity index (χ1n) is 9.06. The van der Waals surface area contributed by atoms with E-state index in [0.717, 1.165) is 11.3 Å². The monoisotopic (exact) mass is 433 g/mol. The zero-order valence-electron chi connectivity index (χ0n) is 15.6. The van der Waals surface area contributed by atoms with Gasteiger partial charge in [0.1, 0.15) is 0 Å². The molecule has 1 aromatic carbocycles. The minimum absolute atomic E-state index is 0.0610. The Balaban J connectivity index is 1.61. The third kappa shape index (κ3) is 3.80. The number of nitrogens with one attached hydrogen (secondary N) is 1. The van der Waals surface area contributed by atoms with Gasteiger partial charge in [-0.15, -0.1) is 0 Å². The molecule has 1 amide bonds. The van der Waals surface area contributed by atoms with Crippen molar-refractivity contribution in [3.8, 4) is 0 Å². The smallest absolute Gasteiger partial charge is 0.261 e. The number of carbonyl (C=O) groups excluding carboxylic acids is 1. The average molecular weight is 434 g/mol. The number of fused-ring (bicyclic) bond motifs is 1. The van der Waals surface area contributed by atoms with Gasteiger partial charge < -0.3 is 5.32 Å². The van der Waals surface area contributed by atoms with Gasteiger partial charge in [-0.25, -0.2) is 18.4 Å². The molecule has 1 N–H and O–H groups in total. The van der Waals surface area contributed by atoms with Gasteiger partial charge in [0, 0.05) is 20.0 Å². The molecule has 1 aliphatic heterocycles. The fourth-order valence-corrected chi connectivity index (χ4v) is 6.17. The van der Waals surface area contributed by atoms with Crippen molar-refractivity contribution in [2.45, 2.75) is 30.0 Å². The normalized spacial score (nSPS) is 18.0. The molecule has 152 valence electrons. The Kier molecular flexibility index (Phi) is 5.19. The van der Waals surface area contributed by atoms with Crippen LogP contribution in [0.4, 0.5) is 5.13 Å². The van der Waals surface area contributed by atoms with Crippen LogP contribution in [0, 0.1) is 0 Å². The van der Waals surface area contributed by atoms with Crippen LogP contribution in [-0.4, -0.2) is 46.3 Å². The molecule has 3 heterocycles. The molecule has 11 heteroatoms. The summed E-state index contributed by atoms with van der Waals surface area (Å²) >= 11 is 0.910. The van der Waals surface area contributed by atoms with Crippen LogP contribution in [0.15, 0.2) is 45.8 Å². The zero-order chi connectivity index (χ0) is 20.6. The van der Waals surface area contributed by atoms with Gasteiger partial charge in [0.25, 0.3) is 15.6 Å². The Labute approximate surface area is 171 Å². The van der Waals surface area contributed by atoms with Crippen molar-refractivity contribution in [2.24, 2.45) is 0 Å². The molecule has 2 aromatic heterocycles. The first-order chi connectivity index (χ1) is 13.9. The SMILES string of the molecule is CC(=O)Nc1ncc(S(=O)(=O)N2CCC[C@@H](n3cnc4ccccc4c3=O)C2)s1. The van der Waals surface area contributed by atoms with E-state index < -0.39 is 10.0 Å². The summed E-state index contributed by atoms with van der Waals surface area (Å²) in [6.07, 6.45) is 4.05. The summed E-state index contributed by atoms with van der Waals surface area (Å²) in [5.41, 5.74) is 0.440. The van der Waals surface area contributed by atoms with Crippen molar-refractivity contribution in [1.29, 1.82) is 0 Å². The maximum Gasteiger partial charge on any atom is 0.261 e. The maximum atomic E-state index is 13.0. The highest BCUT2D eigenvalue weighted by Gasteiger charge is 2.33. The number of amides is 1. The van der Waals surface area contributed by atoms with Gasteiger partial charge in [0.2, 0.25) is 5.91 Å². The molecule has 1 aliphatic rings. The highest BCUT2D eigenvalue weighted by atomic mass is 32.2. The number of thiazole rings is 1. The lowest BCUT2D eigenvalue weighted by Crippen LogP contribution is -2.42. The minimum atomic E-state index is -3.77. The van der Waals surface area contributed by atoms with E-state index in [1.54, 1.807) is 18.2 Å². The van der Waals surface area contributed by atoms with Crippen LogP contribution in [0.5, 0.6) is 0 Å². The van der Waals surface area contributed by atoms with Crippen LogP contribution >= 0.6 is 11.3 Å². The van der Waals surface area contributed by atoms with Crippen molar-refractivity contribution in [3.05, 3.63) is 47.1 Å². The summed E-state index contributed by atoms with van der Waals surface area (Å²) < 4.78 is 29.0. The van der Waals surface area contributed by atoms with Crippen LogP contribution in [0.1, 0.15) is 25.8 Å². The van der Waals surface area contributed by atoms with E-state index in [4.69, 9.17) is 0 Å². The van der Waals surface area contributed by atoms with Crippen LogP contribution < -0.4 is 10.9 Å². The van der Waals surface area contributed by atoms with E-state index in [2.05, 4.69) is 15.3 Å². The largest absolute Gasteiger partial charge is 0.302 e. The Hall–Kier alpha value is -2.63. The molecular weight excluding hydrogens is 414 g/mol. The maximum absolute atomic E-state index is 13.0. The number of hydrogen-bond donors (Lipinski definition) is 1. The lowest BCUT2D eigenvalue weighted by molar-refractivity contribution is -0.114. The van der Waals surface area contributed by atoms with Crippen molar-refractivity contribution >= 4 is 43.3 Å². The van der Waals surface area contributed by atoms with Gasteiger partial charge in [-0.3, -0.25) is 14.2 Å². The van der Waals surface area contributed by atoms with Gasteiger partial charge in [-0.2, -0.15) is 4.31 Å². The van der Waals surface area contributed by atoms with Crippen LogP contribution in [0.2, 0.25) is 0 Å². The van der Waals surface area contributed by atoms with Crippen LogP contribution in [-0.2, 0) is 14.8 Å². The average Bonchev–Trinajstić information content (AvgIpc) is 3.17. The Morgan fingerprint density at radius 1 is 1.28 bits per heavy atom. The van der Waals surface area contributed by atoms with Crippen molar-refractivity contribution in [3.63, 3.8) is 0 Å². The van der Waals surface area contributed by atoms with Gasteiger partial charge in [-0.1, -0.05) is 23.5 Å². The number of nitrogens with zero attached hydrogens (tertiary/aromatic N) is 4. The fraction of sp³-hybridized carbons (Fsp3) is 0.333. The Bertz CT molecular complexity index is 1230. The summed E-state index contributed by atoms with van der Waals surface area (Å²) in [4.78, 5) is 32.3. The highest BCUT2D eigenvalue weighted by Crippen LogP contribution is 2.30. The number of para-hydroxylation sites is 1. The van der Waals surface area contributed by atoms with E-state index in [9.17, 15) is 18.0 Å². The summed E-state index contributed by atoms with van der Waals surface area (Å²) in [5, 5.41) is 3.24. The standard InChI is InChI=1S/C18H19N5O4S2/c1-12(24)21-18-19-9-16(28-18)29(26,27)22-8-4-5-13(10-22)23-11-20-15-7-3-2-6-14(15)17(23)25/h2-3,6-7,9,11,13H,4-5,8,10H2,1H3,(H,19,21,24)/t13-/m1/s1. The van der Waals surface area contributed by atoms with E-state index >= 15 is 0 Å². The number of carbonyl (C=O) groups is 1. The second-order valence-corrected chi connectivity index (χ2v) is 9.99. The number of rotatable bonds is 4. The topological polar surface area (TPSA) is 114 Å². The van der Waals surface area contributed by atoms with Crippen molar-refractivity contribution in [1.82, 2.24) is 18.8 Å². The third-order valence-corrected chi connectivity index (χ3v) is 8.02. The molecule has 3 aromatic rings. The molecule has 0 spiro atoms. The molecule has 0 aliphatic carbocycles. The predicted octanol–water partition coefficient (Wildman–Crippen LogP) is 1.84. The van der Waals surface area contributed by atoms with Crippen molar-refractivity contribution < 1.29 is 13.2 Å². The number of anilines is 1. The summed E-state index contributed by atoms with van der Waals surface area (Å²) in [6, 6.07) is 6.79. The number of aromatic nitrogens is 3. The molecule has 9 nitrogen and oxygen atoms in total. The molecule has 0 radical (unpaired) electrons. The van der Waals surface area contributed by atoms with Gasteiger partial charge >= 0.3 is 0 Å². The minimum Gasteiger partial charge on any atom is -0.302 e. The van der Waals surface area contributed by atoms with Crippen LogP contribution in [0.25, 0.3) is 10.9 Å². The Morgan fingerprint density at radius 2 is 2.07 bits per heavy atom. The van der Waals surface area contributed by atoms with E-state index in [0.29, 0.717) is 30.3 Å². The van der Waals surface area contributed by atoms with Gasteiger partial charge in [0.15, 0.2) is 9.34 Å². The molecule has 0 bridgehead atoms. The number of piperidine rings is 1. The zero-order valence-corrected chi connectivity index (χ0v) is 17.2. The second-order valence-electron chi connectivity index (χ2n) is 6.80. The molecular formula is C18H19N5O4S2. The summed E-state index contributed by atoms with van der Waals surface area (Å²) in [7, 11) is -3.77. The Morgan fingerprint density at radius 3 is 2.86 bits per heavy atom. The number of hydrogen-bond acceptors (Lipinski definition) is 7. The first-order valence-corrected chi connectivity index (χ1v) is 11.3. The quantitative estimate of drug-likeness (QED) is 0.671. The first kappa shape index (κ1) is 19.7. The van der Waals surface area contributed by atoms with Crippen molar-refractivity contribution in [2.75, 3.05) is 18.4 Å². The highest BCUT2D eigenvalue weighted by molar-refractivity contribution is 7.91.